The summed E-state index contributed by atoms with van der Waals surface area (Å²) in [6.07, 6.45) is 0. The lowest BCUT2D eigenvalue weighted by Gasteiger charge is -2.34. The first-order valence-electron chi connectivity index (χ1n) is 21.0. The largest absolute Gasteiger partial charge is 0.456 e. The molecule has 0 unspecified atom stereocenters. The molecule has 12 aromatic rings. The monoisotopic (exact) mass is 807 g/mol. The van der Waals surface area contributed by atoms with Gasteiger partial charge in [0, 0.05) is 27.5 Å². The van der Waals surface area contributed by atoms with E-state index in [-0.39, 0.29) is 0 Å². The Morgan fingerprint density at radius 1 is 0.306 bits per heavy atom. The van der Waals surface area contributed by atoms with Crippen LogP contribution >= 0.6 is 0 Å². The Labute approximate surface area is 359 Å². The van der Waals surface area contributed by atoms with Crippen LogP contribution in [0.15, 0.2) is 229 Å². The third-order valence-electron chi connectivity index (χ3n) is 12.5. The van der Waals surface area contributed by atoms with E-state index in [1.54, 1.807) is 0 Å². The van der Waals surface area contributed by atoms with Crippen LogP contribution in [-0.2, 0) is 0 Å². The second-order valence-corrected chi connectivity index (χ2v) is 19.7. The summed E-state index contributed by atoms with van der Waals surface area (Å²) in [5, 5.41) is 14.4. The molecular formula is C57H37N3OSi. The Hall–Kier alpha value is -7.99. The summed E-state index contributed by atoms with van der Waals surface area (Å²) in [7, 11) is -2.84. The second-order valence-electron chi connectivity index (χ2n) is 15.9. The van der Waals surface area contributed by atoms with Gasteiger partial charge in [-0.2, -0.15) is 0 Å². The summed E-state index contributed by atoms with van der Waals surface area (Å²) in [6, 6.07) is 80.3. The number of aromatic nitrogens is 3. The fraction of sp³-hybridized carbons (Fsp3) is 0. The Kier molecular flexibility index (Phi) is 8.47. The van der Waals surface area contributed by atoms with E-state index in [4.69, 9.17) is 19.4 Å². The molecule has 10 aromatic carbocycles. The van der Waals surface area contributed by atoms with E-state index in [0.29, 0.717) is 17.5 Å². The van der Waals surface area contributed by atoms with Crippen molar-refractivity contribution in [1.29, 1.82) is 0 Å². The summed E-state index contributed by atoms with van der Waals surface area (Å²) in [4.78, 5) is 16.1. The van der Waals surface area contributed by atoms with Crippen LogP contribution in [-0.4, -0.2) is 23.0 Å². The number of nitrogens with zero attached hydrogens (tertiary/aromatic N) is 3. The average Bonchev–Trinajstić information content (AvgIpc) is 3.74. The molecule has 0 fully saturated rings. The topological polar surface area (TPSA) is 51.8 Å². The minimum absolute atomic E-state index is 0.592. The van der Waals surface area contributed by atoms with Gasteiger partial charge >= 0.3 is 0 Å². The van der Waals surface area contributed by atoms with Crippen LogP contribution in [0, 0.1) is 0 Å². The van der Waals surface area contributed by atoms with Crippen LogP contribution in [0.5, 0.6) is 0 Å². The zero-order valence-electron chi connectivity index (χ0n) is 33.6. The van der Waals surface area contributed by atoms with Gasteiger partial charge in [0.05, 0.1) is 0 Å². The Morgan fingerprint density at radius 2 is 0.806 bits per heavy atom. The van der Waals surface area contributed by atoms with Crippen molar-refractivity contribution in [2.24, 2.45) is 0 Å². The molecule has 0 aliphatic heterocycles. The standard InChI is InChI=1S/C57H37N3OSi/c1-4-18-42(19-5-1)62(43-20-6-2-7-21-43,44-22-8-3-9-23-44)45-24-14-17-40(36-45)55-58-56(60-57(59-55)50-27-15-29-53-54(50)49-26-12-13-28-52(49)61-53)41-31-30-39-33-34-47-46-25-11-10-16-38(46)32-35-48(47)51(39)37-41/h1-37H. The fourth-order valence-electron chi connectivity index (χ4n) is 9.63. The highest BCUT2D eigenvalue weighted by Gasteiger charge is 2.41. The molecule has 62 heavy (non-hydrogen) atoms. The van der Waals surface area contributed by atoms with Crippen LogP contribution in [0.3, 0.4) is 0 Å². The molecule has 0 bridgehead atoms. The van der Waals surface area contributed by atoms with E-state index in [1.165, 1.54) is 42.3 Å². The lowest BCUT2D eigenvalue weighted by Crippen LogP contribution is -2.74. The Morgan fingerprint density at radius 3 is 1.50 bits per heavy atom. The van der Waals surface area contributed by atoms with Gasteiger partial charge in [-0.15, -0.1) is 0 Å². The summed E-state index contributed by atoms with van der Waals surface area (Å²) in [6.45, 7) is 0. The number of fused-ring (bicyclic) bond motifs is 8. The number of para-hydroxylation sites is 1. The SMILES string of the molecule is c1ccc([Si](c2ccccc2)(c2ccccc2)c2cccc(-c3nc(-c4ccc5ccc6c7ccccc7ccc6c5c4)nc(-c4cccc5oc6ccccc6c45)n3)c2)cc1. The van der Waals surface area contributed by atoms with Gasteiger partial charge < -0.3 is 4.42 Å². The van der Waals surface area contributed by atoms with E-state index < -0.39 is 8.07 Å². The maximum Gasteiger partial charge on any atom is 0.179 e. The number of furan rings is 1. The fourth-order valence-corrected chi connectivity index (χ4v) is 14.4. The molecule has 0 spiro atoms. The molecule has 4 nitrogen and oxygen atoms in total. The highest BCUT2D eigenvalue weighted by Crippen LogP contribution is 2.38. The van der Waals surface area contributed by atoms with Gasteiger partial charge in [0.15, 0.2) is 25.5 Å². The number of hydrogen-bond donors (Lipinski definition) is 0. The van der Waals surface area contributed by atoms with Crippen LogP contribution in [0.25, 0.3) is 88.4 Å². The molecule has 0 amide bonds. The number of benzene rings is 10. The van der Waals surface area contributed by atoms with Gasteiger partial charge in [-0.3, -0.25) is 0 Å². The van der Waals surface area contributed by atoms with Crippen LogP contribution in [0.4, 0.5) is 0 Å². The van der Waals surface area contributed by atoms with Gasteiger partial charge in [0.25, 0.3) is 0 Å². The molecule has 5 heteroatoms. The molecular weight excluding hydrogens is 771 g/mol. The van der Waals surface area contributed by atoms with E-state index in [9.17, 15) is 0 Å². The maximum atomic E-state index is 6.38. The zero-order chi connectivity index (χ0) is 41.0. The first-order chi connectivity index (χ1) is 30.7. The molecule has 0 aliphatic carbocycles. The van der Waals surface area contributed by atoms with Gasteiger partial charge in [0.1, 0.15) is 11.2 Å². The predicted molar refractivity (Wildman–Crippen MR) is 260 cm³/mol. The maximum absolute atomic E-state index is 6.38. The highest BCUT2D eigenvalue weighted by atomic mass is 28.3. The van der Waals surface area contributed by atoms with Crippen molar-refractivity contribution in [3.63, 3.8) is 0 Å². The molecule has 2 heterocycles. The summed E-state index contributed by atoms with van der Waals surface area (Å²) in [5.74, 6) is 1.81. The molecule has 0 atom stereocenters. The van der Waals surface area contributed by atoms with E-state index in [0.717, 1.165) is 49.4 Å². The third kappa shape index (κ3) is 5.78. The van der Waals surface area contributed by atoms with Crippen LogP contribution in [0.2, 0.25) is 0 Å². The third-order valence-corrected chi connectivity index (χ3v) is 17.2. The molecule has 0 saturated heterocycles. The molecule has 0 radical (unpaired) electrons. The summed E-state index contributed by atoms with van der Waals surface area (Å²) >= 11 is 0. The van der Waals surface area contributed by atoms with Gasteiger partial charge in [-0.1, -0.05) is 206 Å². The molecule has 12 rings (SSSR count). The van der Waals surface area contributed by atoms with Gasteiger partial charge in [-0.05, 0) is 71.3 Å². The van der Waals surface area contributed by atoms with Crippen molar-refractivity contribution in [2.45, 2.75) is 0 Å². The van der Waals surface area contributed by atoms with Crippen molar-refractivity contribution in [2.75, 3.05) is 0 Å². The zero-order valence-corrected chi connectivity index (χ0v) is 34.6. The quantitative estimate of drug-likeness (QED) is 0.0914. The lowest BCUT2D eigenvalue weighted by molar-refractivity contribution is 0.669. The summed E-state index contributed by atoms with van der Waals surface area (Å²) in [5.41, 5.74) is 4.37. The van der Waals surface area contributed by atoms with Crippen molar-refractivity contribution in [1.82, 2.24) is 15.0 Å². The Bertz CT molecular complexity index is 3550. The normalized spacial score (nSPS) is 11.9. The average molecular weight is 808 g/mol. The van der Waals surface area contributed by atoms with E-state index in [1.807, 2.05) is 24.3 Å². The van der Waals surface area contributed by atoms with Crippen molar-refractivity contribution < 1.29 is 4.42 Å². The first-order valence-corrected chi connectivity index (χ1v) is 23.0. The van der Waals surface area contributed by atoms with Crippen molar-refractivity contribution >= 4 is 83.1 Å². The molecule has 0 aliphatic rings. The van der Waals surface area contributed by atoms with Crippen LogP contribution < -0.4 is 20.7 Å². The van der Waals surface area contributed by atoms with E-state index >= 15 is 0 Å². The Balaban J connectivity index is 1.12. The number of rotatable bonds is 7. The molecule has 2 aromatic heterocycles. The molecule has 0 saturated carbocycles. The molecule has 290 valence electrons. The first kappa shape index (κ1) is 35.9. The van der Waals surface area contributed by atoms with Gasteiger partial charge in [0.2, 0.25) is 0 Å². The lowest BCUT2D eigenvalue weighted by atomic mass is 9.96. The van der Waals surface area contributed by atoms with Gasteiger partial charge in [-0.25, -0.2) is 15.0 Å². The molecule has 0 N–H and O–H groups in total. The van der Waals surface area contributed by atoms with Crippen LogP contribution in [0.1, 0.15) is 0 Å². The van der Waals surface area contributed by atoms with Crippen molar-refractivity contribution in [3.8, 4) is 34.2 Å². The highest BCUT2D eigenvalue weighted by molar-refractivity contribution is 7.19. The smallest absolute Gasteiger partial charge is 0.179 e. The second kappa shape index (κ2) is 14.6. The summed E-state index contributed by atoms with van der Waals surface area (Å²) < 4.78 is 6.38. The predicted octanol–water partition coefficient (Wildman–Crippen LogP) is 11.6. The minimum Gasteiger partial charge on any atom is -0.456 e. The minimum atomic E-state index is -2.84. The number of hydrogen-bond acceptors (Lipinski definition) is 4. The van der Waals surface area contributed by atoms with Crippen molar-refractivity contribution in [3.05, 3.63) is 224 Å². The van der Waals surface area contributed by atoms with E-state index in [2.05, 4.69) is 200 Å².